The molecule has 0 N–H and O–H groups in total. The van der Waals surface area contributed by atoms with Crippen LogP contribution in [-0.2, 0) is 22.5 Å². The molecule has 0 spiro atoms. The first-order valence-electron chi connectivity index (χ1n) is 6.34. The molecular formula is C13H14N4O3S. The van der Waals surface area contributed by atoms with Crippen LogP contribution in [0.25, 0.3) is 0 Å². The van der Waals surface area contributed by atoms with Gasteiger partial charge in [-0.05, 0) is 19.1 Å². The summed E-state index contributed by atoms with van der Waals surface area (Å²) in [6, 6.07) is 5.65. The molecule has 0 unspecified atom stereocenters. The zero-order valence-corrected chi connectivity index (χ0v) is 12.3. The number of carbonyl (C=O) groups excluding carboxylic acids is 1. The van der Waals surface area contributed by atoms with Crippen LogP contribution in [0.15, 0.2) is 28.0 Å². The molecule has 2 rings (SSSR count). The molecule has 0 bridgehead atoms. The molecular weight excluding hydrogens is 292 g/mol. The number of rotatable bonds is 7. The minimum atomic E-state index is -0.359. The Labute approximate surface area is 125 Å². The highest BCUT2D eigenvalue weighted by molar-refractivity contribution is 7.99. The van der Waals surface area contributed by atoms with E-state index in [4.69, 9.17) is 14.4 Å². The van der Waals surface area contributed by atoms with Gasteiger partial charge in [0.25, 0.3) is 0 Å². The SMILES string of the molecule is CCOC(=O)Cc1nnc(SCC#N)n1Cc1ccco1. The Bertz CT molecular complexity index is 630. The largest absolute Gasteiger partial charge is 0.467 e. The van der Waals surface area contributed by atoms with Crippen LogP contribution in [0.2, 0.25) is 0 Å². The van der Waals surface area contributed by atoms with E-state index >= 15 is 0 Å². The van der Waals surface area contributed by atoms with Crippen molar-refractivity contribution in [3.05, 3.63) is 30.0 Å². The molecule has 7 nitrogen and oxygen atoms in total. The quantitative estimate of drug-likeness (QED) is 0.567. The maximum absolute atomic E-state index is 11.6. The van der Waals surface area contributed by atoms with Crippen LogP contribution in [0.1, 0.15) is 18.5 Å². The van der Waals surface area contributed by atoms with Gasteiger partial charge in [-0.2, -0.15) is 5.26 Å². The standard InChI is InChI=1S/C13H14N4O3S/c1-2-19-12(18)8-11-15-16-13(21-7-5-14)17(11)9-10-4-3-6-20-10/h3-4,6H,2,7-9H2,1H3. The molecule has 2 heterocycles. The zero-order valence-electron chi connectivity index (χ0n) is 11.5. The van der Waals surface area contributed by atoms with Crippen LogP contribution in [-0.4, -0.2) is 33.1 Å². The predicted octanol–water partition coefficient (Wildman–Crippen LogP) is 1.64. The molecule has 0 aliphatic rings. The monoisotopic (exact) mass is 306 g/mol. The van der Waals surface area contributed by atoms with Crippen molar-refractivity contribution in [3.8, 4) is 6.07 Å². The van der Waals surface area contributed by atoms with Crippen LogP contribution < -0.4 is 0 Å². The van der Waals surface area contributed by atoms with Gasteiger partial charge in [-0.3, -0.25) is 9.36 Å². The number of nitrogens with zero attached hydrogens (tertiary/aromatic N) is 4. The number of esters is 1. The lowest BCUT2D eigenvalue weighted by Crippen LogP contribution is -2.13. The van der Waals surface area contributed by atoms with E-state index in [-0.39, 0.29) is 18.1 Å². The summed E-state index contributed by atoms with van der Waals surface area (Å²) in [6.07, 6.45) is 1.61. The lowest BCUT2D eigenvalue weighted by atomic mass is 10.4. The second-order valence-electron chi connectivity index (χ2n) is 3.99. The van der Waals surface area contributed by atoms with Gasteiger partial charge in [-0.25, -0.2) is 0 Å². The smallest absolute Gasteiger partial charge is 0.313 e. The molecule has 0 aliphatic carbocycles. The Hall–Kier alpha value is -2.27. The number of carbonyl (C=O) groups is 1. The maximum atomic E-state index is 11.6. The topological polar surface area (TPSA) is 93.9 Å². The first-order valence-corrected chi connectivity index (χ1v) is 7.33. The summed E-state index contributed by atoms with van der Waals surface area (Å²) >= 11 is 1.26. The number of furan rings is 1. The van der Waals surface area contributed by atoms with Gasteiger partial charge in [0.2, 0.25) is 0 Å². The normalized spacial score (nSPS) is 10.3. The Morgan fingerprint density at radius 1 is 1.57 bits per heavy atom. The third kappa shape index (κ3) is 4.10. The molecule has 0 fully saturated rings. The Kier molecular flexibility index (Phi) is 5.40. The lowest BCUT2D eigenvalue weighted by Gasteiger charge is -2.07. The fourth-order valence-corrected chi connectivity index (χ4v) is 2.33. The predicted molar refractivity (Wildman–Crippen MR) is 74.5 cm³/mol. The first kappa shape index (κ1) is 15.1. The summed E-state index contributed by atoms with van der Waals surface area (Å²) in [5.74, 6) is 1.11. The van der Waals surface area contributed by atoms with Crippen molar-refractivity contribution in [1.82, 2.24) is 14.8 Å². The number of hydrogen-bond acceptors (Lipinski definition) is 7. The van der Waals surface area contributed by atoms with Crippen molar-refractivity contribution >= 4 is 17.7 Å². The van der Waals surface area contributed by atoms with Crippen molar-refractivity contribution in [1.29, 1.82) is 5.26 Å². The number of hydrogen-bond donors (Lipinski definition) is 0. The van der Waals surface area contributed by atoms with E-state index in [0.717, 1.165) is 5.76 Å². The van der Waals surface area contributed by atoms with E-state index in [1.54, 1.807) is 23.8 Å². The minimum absolute atomic E-state index is 0.0364. The molecule has 21 heavy (non-hydrogen) atoms. The van der Waals surface area contributed by atoms with Gasteiger partial charge in [-0.1, -0.05) is 11.8 Å². The molecule has 2 aromatic rings. The fourth-order valence-electron chi connectivity index (χ4n) is 1.71. The molecule has 0 aliphatic heterocycles. The zero-order chi connectivity index (χ0) is 15.1. The highest BCUT2D eigenvalue weighted by atomic mass is 32.2. The third-order valence-corrected chi connectivity index (χ3v) is 3.39. The Balaban J connectivity index is 2.20. The Morgan fingerprint density at radius 3 is 3.10 bits per heavy atom. The van der Waals surface area contributed by atoms with Crippen LogP contribution in [0, 0.1) is 11.3 Å². The second kappa shape index (κ2) is 7.50. The Morgan fingerprint density at radius 2 is 2.43 bits per heavy atom. The first-order chi connectivity index (χ1) is 10.2. The van der Waals surface area contributed by atoms with E-state index in [9.17, 15) is 4.79 Å². The highest BCUT2D eigenvalue weighted by Gasteiger charge is 2.17. The van der Waals surface area contributed by atoms with E-state index in [0.29, 0.717) is 24.1 Å². The van der Waals surface area contributed by atoms with E-state index in [1.807, 2.05) is 12.1 Å². The number of nitriles is 1. The summed E-state index contributed by atoms with van der Waals surface area (Å²) < 4.78 is 12.0. The summed E-state index contributed by atoms with van der Waals surface area (Å²) in [7, 11) is 0. The van der Waals surface area contributed by atoms with Gasteiger partial charge < -0.3 is 9.15 Å². The average molecular weight is 306 g/mol. The van der Waals surface area contributed by atoms with Crippen LogP contribution in [0.4, 0.5) is 0 Å². The van der Waals surface area contributed by atoms with Crippen molar-refractivity contribution < 1.29 is 13.9 Å². The number of aromatic nitrogens is 3. The van der Waals surface area contributed by atoms with Crippen LogP contribution in [0.5, 0.6) is 0 Å². The summed E-state index contributed by atoms with van der Waals surface area (Å²) in [5, 5.41) is 17.3. The van der Waals surface area contributed by atoms with Gasteiger partial charge in [-0.15, -0.1) is 10.2 Å². The van der Waals surface area contributed by atoms with Gasteiger partial charge in [0.05, 0.1) is 31.2 Å². The van der Waals surface area contributed by atoms with Crippen molar-refractivity contribution in [2.24, 2.45) is 0 Å². The maximum Gasteiger partial charge on any atom is 0.313 e. The molecule has 0 saturated heterocycles. The molecule has 0 amide bonds. The molecule has 0 aromatic carbocycles. The summed E-state index contributed by atoms with van der Waals surface area (Å²) in [4.78, 5) is 11.6. The molecule has 2 aromatic heterocycles. The number of ether oxygens (including phenoxy) is 1. The molecule has 0 atom stereocenters. The van der Waals surface area contributed by atoms with E-state index < -0.39 is 0 Å². The lowest BCUT2D eigenvalue weighted by molar-refractivity contribution is -0.142. The summed E-state index contributed by atoms with van der Waals surface area (Å²) in [6.45, 7) is 2.48. The minimum Gasteiger partial charge on any atom is -0.467 e. The number of thioether (sulfide) groups is 1. The van der Waals surface area contributed by atoms with Crippen molar-refractivity contribution in [2.45, 2.75) is 25.0 Å². The second-order valence-corrected chi connectivity index (χ2v) is 4.94. The van der Waals surface area contributed by atoms with Crippen molar-refractivity contribution in [3.63, 3.8) is 0 Å². The van der Waals surface area contributed by atoms with Crippen LogP contribution >= 0.6 is 11.8 Å². The molecule has 0 radical (unpaired) electrons. The van der Waals surface area contributed by atoms with Gasteiger partial charge >= 0.3 is 5.97 Å². The third-order valence-electron chi connectivity index (χ3n) is 2.56. The van der Waals surface area contributed by atoms with Crippen molar-refractivity contribution in [2.75, 3.05) is 12.4 Å². The molecule has 110 valence electrons. The van der Waals surface area contributed by atoms with Gasteiger partial charge in [0, 0.05) is 0 Å². The van der Waals surface area contributed by atoms with E-state index in [2.05, 4.69) is 10.2 Å². The van der Waals surface area contributed by atoms with Crippen LogP contribution in [0.3, 0.4) is 0 Å². The molecule has 8 heteroatoms. The fraction of sp³-hybridized carbons (Fsp3) is 0.385. The summed E-state index contributed by atoms with van der Waals surface area (Å²) in [5.41, 5.74) is 0. The van der Waals surface area contributed by atoms with E-state index in [1.165, 1.54) is 11.8 Å². The average Bonchev–Trinajstić information content (AvgIpc) is 3.09. The molecule has 0 saturated carbocycles. The highest BCUT2D eigenvalue weighted by Crippen LogP contribution is 2.19. The van der Waals surface area contributed by atoms with Gasteiger partial charge in [0.1, 0.15) is 18.0 Å². The van der Waals surface area contributed by atoms with Gasteiger partial charge in [0.15, 0.2) is 5.16 Å².